The average Bonchev–Trinajstić information content (AvgIpc) is 3.75. The number of nitrogens with zero attached hydrogens (tertiary/aromatic N) is 1. The summed E-state index contributed by atoms with van der Waals surface area (Å²) in [6, 6.07) is 31.8. The van der Waals surface area contributed by atoms with Crippen molar-refractivity contribution in [2.75, 3.05) is 13.7 Å². The minimum Gasteiger partial charge on any atom is -0.456 e. The fourth-order valence-electron chi connectivity index (χ4n) is 10.4. The highest BCUT2D eigenvalue weighted by Gasteiger charge is 2.60. The van der Waals surface area contributed by atoms with Crippen LogP contribution >= 0.6 is 0 Å². The lowest BCUT2D eigenvalue weighted by atomic mass is 9.85. The van der Waals surface area contributed by atoms with Crippen molar-refractivity contribution < 1.29 is 80.9 Å². The number of cyclic esters (lactones) is 1. The number of nitrogens with one attached hydrogen (secondary N) is 3. The number of esters is 2. The molecule has 0 bridgehead atoms. The number of alkyl carbamates (subject to hydrolysis) is 3. The number of hydrogen-bond donors (Lipinski definition) is 3. The van der Waals surface area contributed by atoms with E-state index >= 15 is 0 Å². The number of benzene rings is 4. The van der Waals surface area contributed by atoms with Crippen molar-refractivity contribution >= 4 is 36.3 Å². The molecule has 6 aliphatic rings. The first-order valence-electron chi connectivity index (χ1n) is 25.0. The Balaban J connectivity index is 0.862. The molecule has 1 saturated carbocycles. The molecular formula is C54H58N4O17. The second kappa shape index (κ2) is 23.1. The number of amides is 4. The first-order valence-corrected chi connectivity index (χ1v) is 25.0. The van der Waals surface area contributed by atoms with Gasteiger partial charge in [-0.15, -0.1) is 0 Å². The zero-order chi connectivity index (χ0) is 52.0. The van der Waals surface area contributed by atoms with Gasteiger partial charge in [-0.25, -0.2) is 28.8 Å². The Labute approximate surface area is 431 Å². The SMILES string of the molecule is C[C@H]1C[C@@H]2OC(O[C@@H]3C[C@@H](OC(=O)c4ccccc4)[C@@H]4NC(=O)OCC4O3)C3C(OC(=O)N3C)C2O[C@@H]1O[C@H]1CC(OC(=O)c2ccccc2)[C@H](NC(=O)OCc2ccccc2)CC1NC(=O)OCc1ccccc1. The lowest BCUT2D eigenvalue weighted by Gasteiger charge is -2.50. The van der Waals surface area contributed by atoms with Gasteiger partial charge in [0.2, 0.25) is 0 Å². The molecule has 4 aromatic carbocycles. The van der Waals surface area contributed by atoms with Crippen LogP contribution in [-0.4, -0.2) is 141 Å². The topological polar surface area (TPSA) is 243 Å². The van der Waals surface area contributed by atoms with Gasteiger partial charge in [-0.3, -0.25) is 4.90 Å². The fourth-order valence-corrected chi connectivity index (χ4v) is 10.4. The second-order valence-corrected chi connectivity index (χ2v) is 19.3. The van der Waals surface area contributed by atoms with Crippen LogP contribution in [0.4, 0.5) is 19.2 Å². The van der Waals surface area contributed by atoms with Crippen LogP contribution in [0.25, 0.3) is 0 Å². The molecule has 4 amide bonds. The summed E-state index contributed by atoms with van der Waals surface area (Å²) in [6.45, 7) is 1.72. The maximum absolute atomic E-state index is 13.7. The molecule has 75 heavy (non-hydrogen) atoms. The Bertz CT molecular complexity index is 2640. The van der Waals surface area contributed by atoms with Crippen LogP contribution < -0.4 is 16.0 Å². The minimum atomic E-state index is -1.12. The number of fused-ring (bicyclic) bond motifs is 4. The third-order valence-electron chi connectivity index (χ3n) is 14.2. The minimum absolute atomic E-state index is 0.00398. The van der Waals surface area contributed by atoms with Crippen molar-refractivity contribution in [1.82, 2.24) is 20.9 Å². The van der Waals surface area contributed by atoms with E-state index in [2.05, 4.69) is 16.0 Å². The van der Waals surface area contributed by atoms with Crippen molar-refractivity contribution in [2.24, 2.45) is 5.92 Å². The molecule has 4 aromatic rings. The fraction of sp³-hybridized carbons (Fsp3) is 0.444. The van der Waals surface area contributed by atoms with Crippen LogP contribution in [0.2, 0.25) is 0 Å². The molecular weight excluding hydrogens is 977 g/mol. The summed E-state index contributed by atoms with van der Waals surface area (Å²) in [5, 5.41) is 8.53. The molecule has 10 rings (SSSR count). The van der Waals surface area contributed by atoms with E-state index in [9.17, 15) is 28.8 Å². The van der Waals surface area contributed by atoms with Gasteiger partial charge < -0.3 is 68.1 Å². The number of likely N-dealkylation sites (N-methyl/N-ethyl adjacent to an activating group) is 1. The first-order chi connectivity index (χ1) is 36.4. The van der Waals surface area contributed by atoms with E-state index in [4.69, 9.17) is 52.1 Å². The summed E-state index contributed by atoms with van der Waals surface area (Å²) in [7, 11) is 1.55. The monoisotopic (exact) mass is 1030 g/mol. The first kappa shape index (κ1) is 51.2. The maximum Gasteiger partial charge on any atom is 0.410 e. The summed E-state index contributed by atoms with van der Waals surface area (Å²) in [5.41, 5.74) is 2.13. The van der Waals surface area contributed by atoms with Crippen molar-refractivity contribution in [3.8, 4) is 0 Å². The van der Waals surface area contributed by atoms with Crippen LogP contribution in [0.3, 0.4) is 0 Å². The smallest absolute Gasteiger partial charge is 0.410 e. The van der Waals surface area contributed by atoms with Gasteiger partial charge in [-0.2, -0.15) is 0 Å². The summed E-state index contributed by atoms with van der Waals surface area (Å²) in [4.78, 5) is 81.1. The molecule has 5 saturated heterocycles. The molecule has 5 aliphatic heterocycles. The average molecular weight is 1040 g/mol. The van der Waals surface area contributed by atoms with E-state index in [1.165, 1.54) is 4.90 Å². The summed E-state index contributed by atoms with van der Waals surface area (Å²) in [5.74, 6) is -1.64. The van der Waals surface area contributed by atoms with E-state index < -0.39 is 128 Å². The number of rotatable bonds is 14. The van der Waals surface area contributed by atoms with Gasteiger partial charge in [0.25, 0.3) is 0 Å². The Morgan fingerprint density at radius 2 is 1.17 bits per heavy atom. The molecule has 0 spiro atoms. The quantitative estimate of drug-likeness (QED) is 0.101. The maximum atomic E-state index is 13.7. The standard InChI is InChI=1S/C54H58N4O17/c1-30-23-40-45(46-44(58(2)54(64)75-46)50(72-40)73-42-26-39(43-41(68-42)29-67-53(63)57-43)70-48(60)34-21-13-6-14-22-34)74-49(30)71-38-25-37(69-47(59)33-19-11-5-12-20-33)35(55-51(61)65-27-31-15-7-3-8-16-31)24-36(38)56-52(62)66-28-32-17-9-4-10-18-32/h3-22,30,35-46,49-50H,23-29H2,1-2H3,(H,55,61)(H,56,62)(H,57,63)/t30-,35+,36?,37?,38-,39+,40-,41?,42+,43-,44?,45?,46?,49-,50?/m0/s1. The Morgan fingerprint density at radius 1 is 0.613 bits per heavy atom. The van der Waals surface area contributed by atoms with Gasteiger partial charge in [0.15, 0.2) is 25.0 Å². The van der Waals surface area contributed by atoms with Crippen molar-refractivity contribution in [3.05, 3.63) is 144 Å². The largest absolute Gasteiger partial charge is 0.456 e. The van der Waals surface area contributed by atoms with Crippen molar-refractivity contribution in [2.45, 2.75) is 132 Å². The lowest BCUT2D eigenvalue weighted by molar-refractivity contribution is -0.363. The van der Waals surface area contributed by atoms with Gasteiger partial charge in [0, 0.05) is 25.8 Å². The molecule has 6 fully saturated rings. The molecule has 0 aromatic heterocycles. The molecule has 21 nitrogen and oxygen atoms in total. The van der Waals surface area contributed by atoms with Crippen molar-refractivity contribution in [3.63, 3.8) is 0 Å². The Morgan fingerprint density at radius 3 is 1.77 bits per heavy atom. The number of hydrogen-bond acceptors (Lipinski definition) is 17. The highest BCUT2D eigenvalue weighted by atomic mass is 16.8. The molecule has 0 radical (unpaired) electrons. The number of carbonyl (C=O) groups excluding carboxylic acids is 6. The lowest BCUT2D eigenvalue weighted by Crippen LogP contribution is -2.66. The highest BCUT2D eigenvalue weighted by molar-refractivity contribution is 5.90. The van der Waals surface area contributed by atoms with Crippen LogP contribution in [0.15, 0.2) is 121 Å². The van der Waals surface area contributed by atoms with E-state index in [0.717, 1.165) is 11.1 Å². The van der Waals surface area contributed by atoms with E-state index in [1.54, 1.807) is 67.7 Å². The van der Waals surface area contributed by atoms with Crippen LogP contribution in [0, 0.1) is 5.92 Å². The molecule has 5 heterocycles. The Kier molecular flexibility index (Phi) is 15.8. The molecule has 1 aliphatic carbocycles. The normalized spacial score (nSPS) is 31.8. The second-order valence-electron chi connectivity index (χ2n) is 19.3. The summed E-state index contributed by atoms with van der Waals surface area (Å²) in [6.07, 6.45) is -11.8. The van der Waals surface area contributed by atoms with Crippen LogP contribution in [0.1, 0.15) is 64.4 Å². The molecule has 21 heteroatoms. The van der Waals surface area contributed by atoms with E-state index in [1.807, 2.05) is 67.6 Å². The summed E-state index contributed by atoms with van der Waals surface area (Å²) < 4.78 is 67.7. The van der Waals surface area contributed by atoms with Gasteiger partial charge in [0.05, 0.1) is 41.5 Å². The molecule has 15 atom stereocenters. The number of ether oxygens (including phenoxy) is 11. The molecule has 7 unspecified atom stereocenters. The van der Waals surface area contributed by atoms with E-state index in [-0.39, 0.29) is 44.6 Å². The van der Waals surface area contributed by atoms with Gasteiger partial charge in [0.1, 0.15) is 50.3 Å². The van der Waals surface area contributed by atoms with Crippen molar-refractivity contribution in [1.29, 1.82) is 0 Å². The zero-order valence-electron chi connectivity index (χ0n) is 41.0. The van der Waals surface area contributed by atoms with Gasteiger partial charge in [-0.1, -0.05) is 104 Å². The third-order valence-corrected chi connectivity index (χ3v) is 14.2. The van der Waals surface area contributed by atoms with Crippen LogP contribution in [0.5, 0.6) is 0 Å². The summed E-state index contributed by atoms with van der Waals surface area (Å²) >= 11 is 0. The van der Waals surface area contributed by atoms with Gasteiger partial charge in [-0.05, 0) is 48.2 Å². The predicted octanol–water partition coefficient (Wildman–Crippen LogP) is 5.74. The third kappa shape index (κ3) is 12.1. The Hall–Kier alpha value is -7.30. The van der Waals surface area contributed by atoms with Gasteiger partial charge >= 0.3 is 36.3 Å². The van der Waals surface area contributed by atoms with E-state index in [0.29, 0.717) is 12.0 Å². The molecule has 3 N–H and O–H groups in total. The highest BCUT2D eigenvalue weighted by Crippen LogP contribution is 2.43. The van der Waals surface area contributed by atoms with Crippen LogP contribution in [-0.2, 0) is 65.3 Å². The predicted molar refractivity (Wildman–Crippen MR) is 258 cm³/mol. The molecule has 396 valence electrons. The zero-order valence-corrected chi connectivity index (χ0v) is 41.0. The number of carbonyl (C=O) groups is 6.